The van der Waals surface area contributed by atoms with E-state index >= 15 is 0 Å². The van der Waals surface area contributed by atoms with Crippen LogP contribution >= 0.6 is 27.3 Å². The Bertz CT molecular complexity index is 828. The third-order valence-corrected chi connectivity index (χ3v) is 4.27. The van der Waals surface area contributed by atoms with E-state index in [9.17, 15) is 4.79 Å². The fraction of sp³-hybridized carbons (Fsp3) is 0.125. The lowest BCUT2D eigenvalue weighted by Crippen LogP contribution is -2.10. The van der Waals surface area contributed by atoms with Gasteiger partial charge >= 0.3 is 0 Å². The van der Waals surface area contributed by atoms with E-state index in [1.54, 1.807) is 19.2 Å². The summed E-state index contributed by atoms with van der Waals surface area (Å²) in [6.45, 7) is 0.331. The van der Waals surface area contributed by atoms with Gasteiger partial charge in [-0.3, -0.25) is 10.1 Å². The number of rotatable bonds is 5. The molecule has 2 heterocycles. The average molecular weight is 393 g/mol. The van der Waals surface area contributed by atoms with Crippen molar-refractivity contribution in [3.05, 3.63) is 57.8 Å². The molecule has 118 valence electrons. The van der Waals surface area contributed by atoms with Gasteiger partial charge in [-0.15, -0.1) is 11.3 Å². The number of nitrogens with zero attached hydrogens (tertiary/aromatic N) is 1. The second kappa shape index (κ2) is 7.08. The second-order valence-electron chi connectivity index (χ2n) is 4.70. The van der Waals surface area contributed by atoms with Crippen molar-refractivity contribution in [1.29, 1.82) is 0 Å². The van der Waals surface area contributed by atoms with Gasteiger partial charge in [0.2, 0.25) is 0 Å². The molecule has 1 N–H and O–H groups in total. The van der Waals surface area contributed by atoms with Gasteiger partial charge in [0.05, 0.1) is 5.69 Å². The van der Waals surface area contributed by atoms with Gasteiger partial charge in [0.25, 0.3) is 5.91 Å². The molecule has 1 amide bonds. The smallest absolute Gasteiger partial charge is 0.293 e. The van der Waals surface area contributed by atoms with Crippen molar-refractivity contribution in [2.24, 2.45) is 0 Å². The molecule has 3 rings (SSSR count). The van der Waals surface area contributed by atoms with Crippen molar-refractivity contribution in [2.45, 2.75) is 6.61 Å². The Labute approximate surface area is 145 Å². The highest BCUT2D eigenvalue weighted by Crippen LogP contribution is 2.27. The van der Waals surface area contributed by atoms with Crippen LogP contribution in [-0.2, 0) is 11.3 Å². The molecular formula is C16H13BrN2O3S. The molecule has 0 saturated heterocycles. The minimum atomic E-state index is -0.331. The summed E-state index contributed by atoms with van der Waals surface area (Å²) in [6, 6.07) is 11.2. The Kier molecular flexibility index (Phi) is 4.90. The number of aromatic nitrogens is 1. The summed E-state index contributed by atoms with van der Waals surface area (Å²) in [7, 11) is 1.57. The van der Waals surface area contributed by atoms with Gasteiger partial charge in [0.15, 0.2) is 10.9 Å². The molecule has 0 fully saturated rings. The molecule has 3 aromatic rings. The third kappa shape index (κ3) is 3.87. The Balaban J connectivity index is 1.72. The number of carbonyl (C=O) groups excluding carboxylic acids is 1. The van der Waals surface area contributed by atoms with Crippen LogP contribution in [0.1, 0.15) is 16.3 Å². The molecule has 7 heteroatoms. The van der Waals surface area contributed by atoms with E-state index in [0.717, 1.165) is 15.7 Å². The predicted molar refractivity (Wildman–Crippen MR) is 92.6 cm³/mol. The van der Waals surface area contributed by atoms with Crippen LogP contribution in [0.4, 0.5) is 5.13 Å². The molecule has 0 aliphatic carbocycles. The monoisotopic (exact) mass is 392 g/mol. The molecule has 0 unspecified atom stereocenters. The number of anilines is 1. The van der Waals surface area contributed by atoms with Crippen LogP contribution in [0.3, 0.4) is 0 Å². The van der Waals surface area contributed by atoms with Crippen LogP contribution in [0.25, 0.3) is 11.3 Å². The lowest BCUT2D eigenvalue weighted by atomic mass is 10.2. The van der Waals surface area contributed by atoms with E-state index in [1.807, 2.05) is 29.6 Å². The topological polar surface area (TPSA) is 64.4 Å². The van der Waals surface area contributed by atoms with Crippen molar-refractivity contribution in [1.82, 2.24) is 4.98 Å². The maximum atomic E-state index is 12.1. The normalized spacial score (nSPS) is 10.7. The minimum Gasteiger partial charge on any atom is -0.453 e. The van der Waals surface area contributed by atoms with E-state index in [2.05, 4.69) is 26.2 Å². The van der Waals surface area contributed by atoms with Gasteiger partial charge in [-0.25, -0.2) is 4.98 Å². The van der Waals surface area contributed by atoms with Crippen LogP contribution in [-0.4, -0.2) is 18.0 Å². The SMILES string of the molecule is COCc1ccc(C(=O)Nc2nc(-c3cccc(Br)c3)cs2)o1. The summed E-state index contributed by atoms with van der Waals surface area (Å²) in [5.74, 6) is 0.505. The largest absolute Gasteiger partial charge is 0.453 e. The van der Waals surface area contributed by atoms with E-state index in [-0.39, 0.29) is 11.7 Å². The van der Waals surface area contributed by atoms with E-state index in [4.69, 9.17) is 9.15 Å². The lowest BCUT2D eigenvalue weighted by molar-refractivity contribution is 0.0987. The molecule has 0 spiro atoms. The number of carbonyl (C=O) groups is 1. The standard InChI is InChI=1S/C16H13BrN2O3S/c1-21-8-12-5-6-14(22-12)15(20)19-16-18-13(9-23-16)10-3-2-4-11(17)7-10/h2-7,9H,8H2,1H3,(H,18,19,20). The second-order valence-corrected chi connectivity index (χ2v) is 6.48. The number of hydrogen-bond donors (Lipinski definition) is 1. The first-order valence-electron chi connectivity index (χ1n) is 6.76. The summed E-state index contributed by atoms with van der Waals surface area (Å²) in [6.07, 6.45) is 0. The van der Waals surface area contributed by atoms with Crippen molar-refractivity contribution >= 4 is 38.3 Å². The van der Waals surface area contributed by atoms with Gasteiger partial charge < -0.3 is 9.15 Å². The number of amides is 1. The number of thiazole rings is 1. The zero-order valence-corrected chi connectivity index (χ0v) is 14.6. The number of benzene rings is 1. The first-order chi connectivity index (χ1) is 11.2. The highest BCUT2D eigenvalue weighted by molar-refractivity contribution is 9.10. The number of methoxy groups -OCH3 is 1. The van der Waals surface area contributed by atoms with Crippen LogP contribution in [0.15, 0.2) is 50.7 Å². The fourth-order valence-corrected chi connectivity index (χ4v) is 3.10. The molecule has 1 aromatic carbocycles. The minimum absolute atomic E-state index is 0.233. The summed E-state index contributed by atoms with van der Waals surface area (Å²) < 4.78 is 11.3. The number of hydrogen-bond acceptors (Lipinski definition) is 5. The van der Waals surface area contributed by atoms with Gasteiger partial charge in [0, 0.05) is 22.5 Å². The first-order valence-corrected chi connectivity index (χ1v) is 8.43. The average Bonchev–Trinajstić information content (AvgIpc) is 3.17. The summed E-state index contributed by atoms with van der Waals surface area (Å²) in [5.41, 5.74) is 1.79. The Hall–Kier alpha value is -1.96. The molecular weight excluding hydrogens is 380 g/mol. The lowest BCUT2D eigenvalue weighted by Gasteiger charge is -1.99. The molecule has 2 aromatic heterocycles. The molecule has 0 aliphatic heterocycles. The molecule has 0 saturated carbocycles. The summed E-state index contributed by atoms with van der Waals surface area (Å²) in [5, 5.41) is 5.16. The van der Waals surface area contributed by atoms with Crippen molar-refractivity contribution in [2.75, 3.05) is 12.4 Å². The van der Waals surface area contributed by atoms with E-state index in [0.29, 0.717) is 17.5 Å². The molecule has 5 nitrogen and oxygen atoms in total. The molecule has 0 atom stereocenters. The van der Waals surface area contributed by atoms with Crippen molar-refractivity contribution in [3.8, 4) is 11.3 Å². The van der Waals surface area contributed by atoms with Crippen LogP contribution in [0.5, 0.6) is 0 Å². The predicted octanol–water partition coefficient (Wildman–Crippen LogP) is 4.56. The van der Waals surface area contributed by atoms with E-state index in [1.165, 1.54) is 11.3 Å². The van der Waals surface area contributed by atoms with Crippen LogP contribution in [0, 0.1) is 0 Å². The highest BCUT2D eigenvalue weighted by Gasteiger charge is 2.14. The maximum Gasteiger partial charge on any atom is 0.293 e. The molecule has 0 aliphatic rings. The molecule has 0 radical (unpaired) electrons. The van der Waals surface area contributed by atoms with Crippen LogP contribution in [0.2, 0.25) is 0 Å². The molecule has 23 heavy (non-hydrogen) atoms. The Morgan fingerprint density at radius 3 is 3.04 bits per heavy atom. The maximum absolute atomic E-state index is 12.1. The summed E-state index contributed by atoms with van der Waals surface area (Å²) in [4.78, 5) is 16.6. The summed E-state index contributed by atoms with van der Waals surface area (Å²) >= 11 is 4.80. The number of ether oxygens (including phenoxy) is 1. The third-order valence-electron chi connectivity index (χ3n) is 3.02. The van der Waals surface area contributed by atoms with Crippen LogP contribution < -0.4 is 5.32 Å². The van der Waals surface area contributed by atoms with Crippen molar-refractivity contribution in [3.63, 3.8) is 0 Å². The number of halogens is 1. The van der Waals surface area contributed by atoms with Gasteiger partial charge in [-0.1, -0.05) is 28.1 Å². The Morgan fingerprint density at radius 2 is 2.26 bits per heavy atom. The Morgan fingerprint density at radius 1 is 1.39 bits per heavy atom. The zero-order valence-electron chi connectivity index (χ0n) is 12.2. The van der Waals surface area contributed by atoms with Gasteiger partial charge in [-0.2, -0.15) is 0 Å². The van der Waals surface area contributed by atoms with Gasteiger partial charge in [-0.05, 0) is 24.3 Å². The van der Waals surface area contributed by atoms with Gasteiger partial charge in [0.1, 0.15) is 12.4 Å². The van der Waals surface area contributed by atoms with Crippen molar-refractivity contribution < 1.29 is 13.9 Å². The molecule has 0 bridgehead atoms. The highest BCUT2D eigenvalue weighted by atomic mass is 79.9. The first kappa shape index (κ1) is 15.9. The quantitative estimate of drug-likeness (QED) is 0.690. The number of furan rings is 1. The zero-order chi connectivity index (χ0) is 16.2. The van der Waals surface area contributed by atoms with E-state index < -0.39 is 0 Å². The fourth-order valence-electron chi connectivity index (χ4n) is 1.99. The number of nitrogens with one attached hydrogen (secondary N) is 1.